The van der Waals surface area contributed by atoms with Gasteiger partial charge in [0.15, 0.2) is 5.58 Å². The minimum Gasteiger partial charge on any atom is -0.408 e. The second-order valence-corrected chi connectivity index (χ2v) is 6.99. The molecule has 0 bridgehead atoms. The molecule has 2 aromatic carbocycles. The third-order valence-corrected chi connectivity index (χ3v) is 4.99. The summed E-state index contributed by atoms with van der Waals surface area (Å²) in [5.74, 6) is -1.19. The Morgan fingerprint density at radius 3 is 2.59 bits per heavy atom. The van der Waals surface area contributed by atoms with Crippen LogP contribution in [0, 0.1) is 6.92 Å². The molecule has 4 aromatic rings. The molecule has 0 fully saturated rings. The Kier molecular flexibility index (Phi) is 4.63. The number of hydrogen-bond acceptors (Lipinski definition) is 4. The molecule has 0 aliphatic rings. The van der Waals surface area contributed by atoms with Gasteiger partial charge in [0.2, 0.25) is 5.91 Å². The largest absolute Gasteiger partial charge is 0.420 e. The van der Waals surface area contributed by atoms with Crippen LogP contribution in [-0.2, 0) is 18.4 Å². The summed E-state index contributed by atoms with van der Waals surface area (Å²) in [4.78, 5) is 37.6. The number of amides is 1. The van der Waals surface area contributed by atoms with Gasteiger partial charge in [-0.3, -0.25) is 18.8 Å². The number of carbonyl (C=O) groups is 1. The first-order valence-corrected chi connectivity index (χ1v) is 9.17. The molecule has 0 saturated carbocycles. The number of oxazole rings is 1. The normalized spacial score (nSPS) is 11.1. The van der Waals surface area contributed by atoms with E-state index in [1.807, 2.05) is 18.2 Å². The van der Waals surface area contributed by atoms with E-state index in [4.69, 9.17) is 16.0 Å². The van der Waals surface area contributed by atoms with Gasteiger partial charge in [-0.2, -0.15) is 0 Å². The summed E-state index contributed by atoms with van der Waals surface area (Å²) in [5.41, 5.74) is 1.80. The predicted octanol–water partition coefficient (Wildman–Crippen LogP) is 2.68. The Morgan fingerprint density at radius 2 is 1.86 bits per heavy atom. The number of anilines is 1. The first-order chi connectivity index (χ1) is 13.9. The quantitative estimate of drug-likeness (QED) is 0.558. The summed E-state index contributed by atoms with van der Waals surface area (Å²) in [6.45, 7) is 1.43. The van der Waals surface area contributed by atoms with Gasteiger partial charge in [-0.1, -0.05) is 29.8 Å². The highest BCUT2D eigenvalue weighted by Crippen LogP contribution is 2.19. The van der Waals surface area contributed by atoms with Gasteiger partial charge in [0.25, 0.3) is 5.56 Å². The number of para-hydroxylation sites is 1. The van der Waals surface area contributed by atoms with Gasteiger partial charge in [-0.25, -0.2) is 9.48 Å². The fourth-order valence-corrected chi connectivity index (χ4v) is 3.39. The number of fused-ring (bicyclic) bond motifs is 1. The lowest BCUT2D eigenvalue weighted by Crippen LogP contribution is -2.27. The van der Waals surface area contributed by atoms with Gasteiger partial charge in [0.05, 0.1) is 16.9 Å². The monoisotopic (exact) mass is 412 g/mol. The van der Waals surface area contributed by atoms with Gasteiger partial charge in [0.1, 0.15) is 12.2 Å². The van der Waals surface area contributed by atoms with Gasteiger partial charge in [0, 0.05) is 18.1 Å². The van der Waals surface area contributed by atoms with Crippen LogP contribution < -0.4 is 16.6 Å². The summed E-state index contributed by atoms with van der Waals surface area (Å²) in [7, 11) is 1.73. The summed E-state index contributed by atoms with van der Waals surface area (Å²) in [6.07, 6.45) is 0. The standard InChI is InChI=1S/C20H17ClN4O4/c1-12-18(19(27)25(23(12)2)14-6-4-3-5-7-14)22-17(26)11-24-15-9-8-13(21)10-16(15)29-20(24)28/h3-10H,11H2,1-2H3,(H,22,26). The molecule has 0 radical (unpaired) electrons. The molecule has 8 nitrogen and oxygen atoms in total. The smallest absolute Gasteiger partial charge is 0.408 e. The zero-order valence-corrected chi connectivity index (χ0v) is 16.4. The number of rotatable bonds is 4. The molecule has 0 unspecified atom stereocenters. The minimum absolute atomic E-state index is 0.158. The molecule has 0 saturated heterocycles. The van der Waals surface area contributed by atoms with Crippen LogP contribution in [0.5, 0.6) is 0 Å². The summed E-state index contributed by atoms with van der Waals surface area (Å²) in [6, 6.07) is 13.8. The molecule has 2 heterocycles. The lowest BCUT2D eigenvalue weighted by atomic mass is 10.3. The third-order valence-electron chi connectivity index (χ3n) is 4.75. The number of nitrogens with zero attached hydrogens (tertiary/aromatic N) is 3. The fraction of sp³-hybridized carbons (Fsp3) is 0.150. The first-order valence-electron chi connectivity index (χ1n) is 8.79. The van der Waals surface area contributed by atoms with E-state index >= 15 is 0 Å². The Hall–Kier alpha value is -3.52. The van der Waals surface area contributed by atoms with Crippen molar-refractivity contribution >= 4 is 34.3 Å². The number of halogens is 1. The van der Waals surface area contributed by atoms with Gasteiger partial charge in [-0.05, 0) is 31.2 Å². The first kappa shape index (κ1) is 18.8. The van der Waals surface area contributed by atoms with Crippen molar-refractivity contribution in [2.45, 2.75) is 13.5 Å². The van der Waals surface area contributed by atoms with E-state index in [1.54, 1.807) is 42.9 Å². The molecule has 0 aliphatic carbocycles. The van der Waals surface area contributed by atoms with Crippen molar-refractivity contribution in [3.05, 3.63) is 80.2 Å². The Morgan fingerprint density at radius 1 is 1.14 bits per heavy atom. The molecule has 1 N–H and O–H groups in total. The van der Waals surface area contributed by atoms with Gasteiger partial charge < -0.3 is 9.73 Å². The lowest BCUT2D eigenvalue weighted by Gasteiger charge is -2.07. The van der Waals surface area contributed by atoms with Crippen LogP contribution in [0.25, 0.3) is 16.8 Å². The number of carbonyl (C=O) groups excluding carboxylic acids is 1. The molecule has 9 heteroatoms. The summed E-state index contributed by atoms with van der Waals surface area (Å²) < 4.78 is 9.45. The lowest BCUT2D eigenvalue weighted by molar-refractivity contribution is -0.116. The van der Waals surface area contributed by atoms with Gasteiger partial charge in [-0.15, -0.1) is 0 Å². The van der Waals surface area contributed by atoms with Crippen molar-refractivity contribution < 1.29 is 9.21 Å². The van der Waals surface area contributed by atoms with Crippen LogP contribution in [0.4, 0.5) is 5.69 Å². The van der Waals surface area contributed by atoms with Crippen LogP contribution in [0.15, 0.2) is 62.5 Å². The Labute approximate surface area is 169 Å². The molecule has 4 rings (SSSR count). The van der Waals surface area contributed by atoms with Crippen LogP contribution in [0.2, 0.25) is 5.02 Å². The molecule has 2 aromatic heterocycles. The second-order valence-electron chi connectivity index (χ2n) is 6.55. The Balaban J connectivity index is 1.66. The van der Waals surface area contributed by atoms with Crippen molar-refractivity contribution in [3.8, 4) is 5.69 Å². The van der Waals surface area contributed by atoms with Crippen LogP contribution in [0.1, 0.15) is 5.69 Å². The van der Waals surface area contributed by atoms with Crippen LogP contribution >= 0.6 is 11.6 Å². The predicted molar refractivity (Wildman–Crippen MR) is 110 cm³/mol. The summed E-state index contributed by atoms with van der Waals surface area (Å²) >= 11 is 5.91. The zero-order chi connectivity index (χ0) is 20.7. The van der Waals surface area contributed by atoms with Crippen LogP contribution in [-0.4, -0.2) is 19.8 Å². The van der Waals surface area contributed by atoms with E-state index in [9.17, 15) is 14.4 Å². The molecule has 0 atom stereocenters. The molecule has 1 amide bonds. The molecular weight excluding hydrogens is 396 g/mol. The highest BCUT2D eigenvalue weighted by atomic mass is 35.5. The SMILES string of the molecule is Cc1c(NC(=O)Cn2c(=O)oc3cc(Cl)ccc32)c(=O)n(-c2ccccc2)n1C. The average Bonchev–Trinajstić information content (AvgIpc) is 3.10. The van der Waals surface area contributed by atoms with Crippen molar-refractivity contribution in [1.82, 2.24) is 13.9 Å². The fourth-order valence-electron chi connectivity index (χ4n) is 3.22. The van der Waals surface area contributed by atoms with E-state index in [2.05, 4.69) is 5.32 Å². The van der Waals surface area contributed by atoms with Crippen LogP contribution in [0.3, 0.4) is 0 Å². The minimum atomic E-state index is -0.677. The molecule has 0 spiro atoms. The molecule has 29 heavy (non-hydrogen) atoms. The highest BCUT2D eigenvalue weighted by molar-refractivity contribution is 6.31. The van der Waals surface area contributed by atoms with E-state index in [0.29, 0.717) is 21.9 Å². The number of aromatic nitrogens is 3. The Bertz CT molecular complexity index is 1340. The van der Waals surface area contributed by atoms with E-state index < -0.39 is 11.7 Å². The average molecular weight is 413 g/mol. The van der Waals surface area contributed by atoms with Crippen molar-refractivity contribution in [3.63, 3.8) is 0 Å². The maximum absolute atomic E-state index is 12.9. The number of hydrogen-bond donors (Lipinski definition) is 1. The van der Waals surface area contributed by atoms with Crippen molar-refractivity contribution in [2.24, 2.45) is 7.05 Å². The topological polar surface area (TPSA) is 91.2 Å². The molecular formula is C20H17ClN4O4. The number of nitrogens with one attached hydrogen (secondary N) is 1. The molecule has 0 aliphatic heterocycles. The highest BCUT2D eigenvalue weighted by Gasteiger charge is 2.19. The zero-order valence-electron chi connectivity index (χ0n) is 15.7. The maximum atomic E-state index is 12.9. The maximum Gasteiger partial charge on any atom is 0.420 e. The third kappa shape index (κ3) is 3.27. The van der Waals surface area contributed by atoms with E-state index in [-0.39, 0.29) is 23.4 Å². The van der Waals surface area contributed by atoms with Crippen molar-refractivity contribution in [2.75, 3.05) is 5.32 Å². The second kappa shape index (κ2) is 7.14. The van der Waals surface area contributed by atoms with Crippen molar-refractivity contribution in [1.29, 1.82) is 0 Å². The van der Waals surface area contributed by atoms with E-state index in [0.717, 1.165) is 0 Å². The van der Waals surface area contributed by atoms with Gasteiger partial charge >= 0.3 is 5.76 Å². The van der Waals surface area contributed by atoms with E-state index in [1.165, 1.54) is 15.3 Å². The number of benzene rings is 2. The summed E-state index contributed by atoms with van der Waals surface area (Å²) in [5, 5.41) is 3.05. The molecule has 148 valence electrons.